The summed E-state index contributed by atoms with van der Waals surface area (Å²) in [5, 5.41) is 8.98. The van der Waals surface area contributed by atoms with Gasteiger partial charge in [0.25, 0.3) is 0 Å². The van der Waals surface area contributed by atoms with Crippen LogP contribution >= 0.6 is 0 Å². The highest BCUT2D eigenvalue weighted by Gasteiger charge is 2.08. The molecule has 2 nitrogen and oxygen atoms in total. The molecule has 1 N–H and O–H groups in total. The molecule has 0 amide bonds. The minimum absolute atomic E-state index is 0.226. The van der Waals surface area contributed by atoms with Gasteiger partial charge in [0.05, 0.1) is 6.61 Å². The average Bonchev–Trinajstić information content (AvgIpc) is 2.17. The number of benzene rings is 1. The molecule has 0 radical (unpaired) electrons. The van der Waals surface area contributed by atoms with Crippen molar-refractivity contribution >= 4 is 0 Å². The molecule has 0 aromatic heterocycles. The summed E-state index contributed by atoms with van der Waals surface area (Å²) in [4.78, 5) is 2.27. The second-order valence-corrected chi connectivity index (χ2v) is 4.28. The zero-order valence-electron chi connectivity index (χ0n) is 9.90. The molecule has 0 aliphatic heterocycles. The first-order valence-corrected chi connectivity index (χ1v) is 5.54. The lowest BCUT2D eigenvalue weighted by Gasteiger charge is -2.25. The molecule has 15 heavy (non-hydrogen) atoms. The Morgan fingerprint density at radius 3 is 2.60 bits per heavy atom. The fourth-order valence-electron chi connectivity index (χ4n) is 1.69. The number of aryl methyl sites for hydroxylation is 1. The van der Waals surface area contributed by atoms with E-state index in [-0.39, 0.29) is 6.61 Å². The number of aliphatic hydroxyl groups excluding tert-OH is 1. The minimum atomic E-state index is 0.226. The molecule has 0 saturated carbocycles. The standard InChI is InChI=1S/C13H21NO/c1-11(2)14(7-8-15)10-13-6-4-5-12(3)9-13/h4-6,9,11,15H,7-8,10H2,1-3H3. The lowest BCUT2D eigenvalue weighted by Crippen LogP contribution is -2.32. The van der Waals surface area contributed by atoms with Gasteiger partial charge in [0, 0.05) is 19.1 Å². The van der Waals surface area contributed by atoms with E-state index in [2.05, 4.69) is 49.9 Å². The molecule has 0 unspecified atom stereocenters. The van der Waals surface area contributed by atoms with Gasteiger partial charge in [-0.15, -0.1) is 0 Å². The van der Waals surface area contributed by atoms with Gasteiger partial charge >= 0.3 is 0 Å². The van der Waals surface area contributed by atoms with E-state index >= 15 is 0 Å². The zero-order valence-corrected chi connectivity index (χ0v) is 9.90. The monoisotopic (exact) mass is 207 g/mol. The number of nitrogens with zero attached hydrogens (tertiary/aromatic N) is 1. The molecule has 0 bridgehead atoms. The number of hydrogen-bond acceptors (Lipinski definition) is 2. The van der Waals surface area contributed by atoms with E-state index in [0.29, 0.717) is 6.04 Å². The Balaban J connectivity index is 2.65. The van der Waals surface area contributed by atoms with Crippen LogP contribution < -0.4 is 0 Å². The summed E-state index contributed by atoms with van der Waals surface area (Å²) < 4.78 is 0. The topological polar surface area (TPSA) is 23.5 Å². The Morgan fingerprint density at radius 2 is 2.07 bits per heavy atom. The molecule has 0 aliphatic rings. The van der Waals surface area contributed by atoms with E-state index in [1.807, 2.05) is 0 Å². The molecule has 1 aromatic rings. The van der Waals surface area contributed by atoms with E-state index in [0.717, 1.165) is 13.1 Å². The van der Waals surface area contributed by atoms with E-state index in [1.54, 1.807) is 0 Å². The molecule has 1 aromatic carbocycles. The zero-order chi connectivity index (χ0) is 11.3. The number of hydrogen-bond donors (Lipinski definition) is 1. The van der Waals surface area contributed by atoms with Crippen LogP contribution in [-0.2, 0) is 6.54 Å². The van der Waals surface area contributed by atoms with Crippen molar-refractivity contribution in [1.29, 1.82) is 0 Å². The fourth-order valence-corrected chi connectivity index (χ4v) is 1.69. The van der Waals surface area contributed by atoms with Crippen molar-refractivity contribution in [2.24, 2.45) is 0 Å². The van der Waals surface area contributed by atoms with Gasteiger partial charge in [0.15, 0.2) is 0 Å². The first-order chi connectivity index (χ1) is 7.13. The van der Waals surface area contributed by atoms with E-state index in [4.69, 9.17) is 5.11 Å². The molecule has 2 heteroatoms. The summed E-state index contributed by atoms with van der Waals surface area (Å²) in [5.41, 5.74) is 2.61. The normalized spacial score (nSPS) is 11.3. The van der Waals surface area contributed by atoms with Gasteiger partial charge in [-0.3, -0.25) is 4.90 Å². The van der Waals surface area contributed by atoms with Crippen molar-refractivity contribution in [3.05, 3.63) is 35.4 Å². The Hall–Kier alpha value is -0.860. The predicted molar refractivity (Wildman–Crippen MR) is 63.8 cm³/mol. The third kappa shape index (κ3) is 4.02. The van der Waals surface area contributed by atoms with Crippen LogP contribution in [0.4, 0.5) is 0 Å². The van der Waals surface area contributed by atoms with Gasteiger partial charge in [-0.25, -0.2) is 0 Å². The summed E-state index contributed by atoms with van der Waals surface area (Å²) in [6.07, 6.45) is 0. The lowest BCUT2D eigenvalue weighted by atomic mass is 10.1. The van der Waals surface area contributed by atoms with Crippen molar-refractivity contribution in [2.45, 2.75) is 33.4 Å². The summed E-state index contributed by atoms with van der Waals surface area (Å²) in [5.74, 6) is 0. The van der Waals surface area contributed by atoms with E-state index < -0.39 is 0 Å². The van der Waals surface area contributed by atoms with Crippen molar-refractivity contribution in [3.63, 3.8) is 0 Å². The van der Waals surface area contributed by atoms with Gasteiger partial charge < -0.3 is 5.11 Å². The second-order valence-electron chi connectivity index (χ2n) is 4.28. The van der Waals surface area contributed by atoms with Crippen LogP contribution in [0, 0.1) is 6.92 Å². The van der Waals surface area contributed by atoms with Crippen LogP contribution in [-0.4, -0.2) is 29.2 Å². The Kier molecular flexibility index (Phi) is 4.79. The van der Waals surface area contributed by atoms with Crippen LogP contribution in [0.15, 0.2) is 24.3 Å². The number of rotatable bonds is 5. The fraction of sp³-hybridized carbons (Fsp3) is 0.538. The second kappa shape index (κ2) is 5.89. The largest absolute Gasteiger partial charge is 0.395 e. The van der Waals surface area contributed by atoms with Crippen LogP contribution in [0.25, 0.3) is 0 Å². The van der Waals surface area contributed by atoms with Crippen molar-refractivity contribution < 1.29 is 5.11 Å². The predicted octanol–water partition coefficient (Wildman–Crippen LogP) is 2.20. The third-order valence-electron chi connectivity index (χ3n) is 2.59. The van der Waals surface area contributed by atoms with Gasteiger partial charge in [-0.1, -0.05) is 29.8 Å². The SMILES string of the molecule is Cc1cccc(CN(CCO)C(C)C)c1. The highest BCUT2D eigenvalue weighted by Crippen LogP contribution is 2.09. The smallest absolute Gasteiger partial charge is 0.0558 e. The van der Waals surface area contributed by atoms with E-state index in [9.17, 15) is 0 Å². The molecular weight excluding hydrogens is 186 g/mol. The van der Waals surface area contributed by atoms with Gasteiger partial charge in [-0.2, -0.15) is 0 Å². The van der Waals surface area contributed by atoms with Crippen LogP contribution in [0.5, 0.6) is 0 Å². The Morgan fingerprint density at radius 1 is 1.33 bits per heavy atom. The average molecular weight is 207 g/mol. The summed E-state index contributed by atoms with van der Waals surface area (Å²) in [7, 11) is 0. The maximum Gasteiger partial charge on any atom is 0.0558 e. The van der Waals surface area contributed by atoms with Crippen molar-refractivity contribution in [1.82, 2.24) is 4.90 Å². The first kappa shape index (κ1) is 12.2. The van der Waals surface area contributed by atoms with Gasteiger partial charge in [0.2, 0.25) is 0 Å². The van der Waals surface area contributed by atoms with Crippen LogP contribution in [0.1, 0.15) is 25.0 Å². The van der Waals surface area contributed by atoms with Gasteiger partial charge in [0.1, 0.15) is 0 Å². The quantitative estimate of drug-likeness (QED) is 0.800. The molecule has 0 atom stereocenters. The number of aliphatic hydroxyl groups is 1. The molecule has 0 saturated heterocycles. The maximum absolute atomic E-state index is 8.98. The summed E-state index contributed by atoms with van der Waals surface area (Å²) in [6.45, 7) is 8.31. The third-order valence-corrected chi connectivity index (χ3v) is 2.59. The van der Waals surface area contributed by atoms with E-state index in [1.165, 1.54) is 11.1 Å². The minimum Gasteiger partial charge on any atom is -0.395 e. The highest BCUT2D eigenvalue weighted by molar-refractivity contribution is 5.22. The molecule has 0 fully saturated rings. The van der Waals surface area contributed by atoms with Crippen LogP contribution in [0.2, 0.25) is 0 Å². The van der Waals surface area contributed by atoms with Gasteiger partial charge in [-0.05, 0) is 26.3 Å². The molecular formula is C13H21NO. The van der Waals surface area contributed by atoms with Crippen molar-refractivity contribution in [3.8, 4) is 0 Å². The molecule has 1 rings (SSSR count). The molecule has 0 aliphatic carbocycles. The van der Waals surface area contributed by atoms with Crippen LogP contribution in [0.3, 0.4) is 0 Å². The molecule has 0 heterocycles. The summed E-state index contributed by atoms with van der Waals surface area (Å²) >= 11 is 0. The highest BCUT2D eigenvalue weighted by atomic mass is 16.3. The first-order valence-electron chi connectivity index (χ1n) is 5.54. The van der Waals surface area contributed by atoms with Crippen molar-refractivity contribution in [2.75, 3.05) is 13.2 Å². The Bertz CT molecular complexity index is 296. The Labute approximate surface area is 92.5 Å². The maximum atomic E-state index is 8.98. The summed E-state index contributed by atoms with van der Waals surface area (Å²) in [6, 6.07) is 9.00. The molecule has 0 spiro atoms. The lowest BCUT2D eigenvalue weighted by molar-refractivity contribution is 0.159. The molecule has 84 valence electrons.